The summed E-state index contributed by atoms with van der Waals surface area (Å²) in [6.45, 7) is 6.39. The number of anilines is 1. The highest BCUT2D eigenvalue weighted by Gasteiger charge is 2.02. The molecule has 0 aromatic heterocycles. The smallest absolute Gasteiger partial charge is 0.0411 e. The predicted molar refractivity (Wildman–Crippen MR) is 95.3 cm³/mol. The van der Waals surface area contributed by atoms with Crippen LogP contribution in [0, 0.1) is 0 Å². The monoisotopic (exact) mass is 277 g/mol. The Balaban J connectivity index is 2.40. The molecule has 0 fully saturated rings. The van der Waals surface area contributed by atoms with Crippen molar-refractivity contribution in [1.82, 2.24) is 0 Å². The van der Waals surface area contributed by atoms with Crippen molar-refractivity contribution in [2.24, 2.45) is 0 Å². The maximum atomic E-state index is 3.24. The number of nitrogens with one attached hydrogen (secondary N) is 1. The van der Waals surface area contributed by atoms with Gasteiger partial charge in [0.15, 0.2) is 0 Å². The van der Waals surface area contributed by atoms with E-state index in [2.05, 4.69) is 86.8 Å². The van der Waals surface area contributed by atoms with Gasteiger partial charge in [0, 0.05) is 12.7 Å². The van der Waals surface area contributed by atoms with Crippen molar-refractivity contribution in [3.63, 3.8) is 0 Å². The standard InChI is InChI=1S/C20H23N/c1-5-15(2)17-10-8-11-18(14-17)16(3)13-19-9-6-7-12-20(19)21-4/h5-14,21H,1-4H3/b15-5?,16-13+. The molecule has 2 aromatic rings. The Morgan fingerprint density at radius 1 is 0.905 bits per heavy atom. The Morgan fingerprint density at radius 2 is 1.57 bits per heavy atom. The van der Waals surface area contributed by atoms with Crippen LogP contribution in [-0.4, -0.2) is 7.05 Å². The first-order chi connectivity index (χ1) is 10.2. The van der Waals surface area contributed by atoms with E-state index in [1.807, 2.05) is 7.05 Å². The minimum absolute atomic E-state index is 1.15. The lowest BCUT2D eigenvalue weighted by molar-refractivity contribution is 1.48. The van der Waals surface area contributed by atoms with Crippen molar-refractivity contribution < 1.29 is 0 Å². The van der Waals surface area contributed by atoms with Gasteiger partial charge in [-0.1, -0.05) is 42.5 Å². The summed E-state index contributed by atoms with van der Waals surface area (Å²) in [6, 6.07) is 17.1. The average molecular weight is 277 g/mol. The van der Waals surface area contributed by atoms with Crippen molar-refractivity contribution in [3.05, 3.63) is 71.3 Å². The van der Waals surface area contributed by atoms with E-state index in [0.717, 1.165) is 5.69 Å². The summed E-state index contributed by atoms with van der Waals surface area (Å²) in [6.07, 6.45) is 4.38. The van der Waals surface area contributed by atoms with Crippen molar-refractivity contribution in [2.75, 3.05) is 12.4 Å². The van der Waals surface area contributed by atoms with Gasteiger partial charge in [0.05, 0.1) is 0 Å². The van der Waals surface area contributed by atoms with Crippen LogP contribution in [0.1, 0.15) is 37.5 Å². The Morgan fingerprint density at radius 3 is 2.24 bits per heavy atom. The first kappa shape index (κ1) is 15.1. The van der Waals surface area contributed by atoms with E-state index in [1.165, 1.54) is 27.8 Å². The summed E-state index contributed by atoms with van der Waals surface area (Å²) in [5.41, 5.74) is 7.48. The highest BCUT2D eigenvalue weighted by atomic mass is 14.8. The number of hydrogen-bond donors (Lipinski definition) is 1. The van der Waals surface area contributed by atoms with Crippen LogP contribution in [0.4, 0.5) is 5.69 Å². The second kappa shape index (κ2) is 6.94. The molecule has 2 aromatic carbocycles. The summed E-state index contributed by atoms with van der Waals surface area (Å²) in [5, 5.41) is 3.24. The quantitative estimate of drug-likeness (QED) is 0.705. The molecule has 1 heteroatoms. The molecule has 0 heterocycles. The number of hydrogen-bond acceptors (Lipinski definition) is 1. The molecule has 0 atom stereocenters. The van der Waals surface area contributed by atoms with Crippen molar-refractivity contribution in [1.29, 1.82) is 0 Å². The summed E-state index contributed by atoms with van der Waals surface area (Å²) >= 11 is 0. The van der Waals surface area contributed by atoms with E-state index in [9.17, 15) is 0 Å². The van der Waals surface area contributed by atoms with Crippen LogP contribution in [-0.2, 0) is 0 Å². The fraction of sp³-hybridized carbons (Fsp3) is 0.200. The van der Waals surface area contributed by atoms with Crippen LogP contribution in [0.2, 0.25) is 0 Å². The molecule has 21 heavy (non-hydrogen) atoms. The number of allylic oxidation sites excluding steroid dienone is 3. The summed E-state index contributed by atoms with van der Waals surface area (Å²) in [7, 11) is 1.96. The summed E-state index contributed by atoms with van der Waals surface area (Å²) < 4.78 is 0. The Labute approximate surface area is 128 Å². The maximum absolute atomic E-state index is 3.24. The van der Waals surface area contributed by atoms with Gasteiger partial charge < -0.3 is 5.32 Å². The minimum atomic E-state index is 1.15. The third-order valence-electron chi connectivity index (χ3n) is 3.81. The lowest BCUT2D eigenvalue weighted by atomic mass is 9.99. The second-order valence-electron chi connectivity index (χ2n) is 5.22. The van der Waals surface area contributed by atoms with Crippen molar-refractivity contribution in [2.45, 2.75) is 20.8 Å². The van der Waals surface area contributed by atoms with Gasteiger partial charge >= 0.3 is 0 Å². The number of rotatable bonds is 4. The normalized spacial score (nSPS) is 12.4. The number of benzene rings is 2. The van der Waals surface area contributed by atoms with Crippen molar-refractivity contribution >= 4 is 22.9 Å². The van der Waals surface area contributed by atoms with Crippen LogP contribution in [0.25, 0.3) is 17.2 Å². The van der Waals surface area contributed by atoms with Gasteiger partial charge in [-0.3, -0.25) is 0 Å². The second-order valence-corrected chi connectivity index (χ2v) is 5.22. The fourth-order valence-corrected chi connectivity index (χ4v) is 2.34. The molecular weight excluding hydrogens is 254 g/mol. The van der Waals surface area contributed by atoms with E-state index in [4.69, 9.17) is 0 Å². The van der Waals surface area contributed by atoms with Gasteiger partial charge in [-0.15, -0.1) is 0 Å². The Hall–Kier alpha value is -2.28. The van der Waals surface area contributed by atoms with E-state index >= 15 is 0 Å². The molecule has 1 nitrogen and oxygen atoms in total. The minimum Gasteiger partial charge on any atom is -0.388 e. The van der Waals surface area contributed by atoms with Gasteiger partial charge in [0.2, 0.25) is 0 Å². The zero-order valence-electron chi connectivity index (χ0n) is 13.3. The zero-order chi connectivity index (χ0) is 15.2. The third kappa shape index (κ3) is 3.63. The number of para-hydroxylation sites is 1. The third-order valence-corrected chi connectivity index (χ3v) is 3.81. The summed E-state index contributed by atoms with van der Waals surface area (Å²) in [4.78, 5) is 0. The van der Waals surface area contributed by atoms with Gasteiger partial charge in [0.1, 0.15) is 0 Å². The van der Waals surface area contributed by atoms with E-state index < -0.39 is 0 Å². The Bertz CT molecular complexity index is 678. The van der Waals surface area contributed by atoms with Gasteiger partial charge in [0.25, 0.3) is 0 Å². The van der Waals surface area contributed by atoms with Crippen LogP contribution in [0.3, 0.4) is 0 Å². The van der Waals surface area contributed by atoms with Gasteiger partial charge in [-0.2, -0.15) is 0 Å². The molecule has 1 N–H and O–H groups in total. The zero-order valence-corrected chi connectivity index (χ0v) is 13.3. The molecule has 0 unspecified atom stereocenters. The first-order valence-corrected chi connectivity index (χ1v) is 7.34. The molecule has 0 aliphatic rings. The summed E-state index contributed by atoms with van der Waals surface area (Å²) in [5.74, 6) is 0. The van der Waals surface area contributed by atoms with E-state index in [0.29, 0.717) is 0 Å². The largest absolute Gasteiger partial charge is 0.388 e. The van der Waals surface area contributed by atoms with Crippen LogP contribution in [0.15, 0.2) is 54.6 Å². The molecule has 0 aliphatic heterocycles. The molecule has 0 aliphatic carbocycles. The Kier molecular flexibility index (Phi) is 4.99. The highest BCUT2D eigenvalue weighted by Crippen LogP contribution is 2.24. The molecule has 0 amide bonds. The maximum Gasteiger partial charge on any atom is 0.0411 e. The SMILES string of the molecule is CC=C(C)c1cccc(/C(C)=C/c2ccccc2NC)c1. The van der Waals surface area contributed by atoms with Crippen LogP contribution >= 0.6 is 0 Å². The lowest BCUT2D eigenvalue weighted by Crippen LogP contribution is -1.91. The van der Waals surface area contributed by atoms with Crippen molar-refractivity contribution in [3.8, 4) is 0 Å². The fourth-order valence-electron chi connectivity index (χ4n) is 2.34. The molecule has 0 spiro atoms. The van der Waals surface area contributed by atoms with Gasteiger partial charge in [-0.25, -0.2) is 0 Å². The highest BCUT2D eigenvalue weighted by molar-refractivity contribution is 5.85. The van der Waals surface area contributed by atoms with E-state index in [1.54, 1.807) is 0 Å². The lowest BCUT2D eigenvalue weighted by Gasteiger charge is -2.09. The molecule has 108 valence electrons. The molecule has 0 bridgehead atoms. The topological polar surface area (TPSA) is 12.0 Å². The molecule has 0 radical (unpaired) electrons. The average Bonchev–Trinajstić information content (AvgIpc) is 2.54. The molecular formula is C20H23N. The van der Waals surface area contributed by atoms with Gasteiger partial charge in [-0.05, 0) is 66.8 Å². The molecule has 0 saturated carbocycles. The predicted octanol–water partition coefficient (Wildman–Crippen LogP) is 5.71. The van der Waals surface area contributed by atoms with Crippen LogP contribution in [0.5, 0.6) is 0 Å². The molecule has 2 rings (SSSR count). The van der Waals surface area contributed by atoms with E-state index in [-0.39, 0.29) is 0 Å². The van der Waals surface area contributed by atoms with Crippen LogP contribution < -0.4 is 5.32 Å². The molecule has 0 saturated heterocycles. The first-order valence-electron chi connectivity index (χ1n) is 7.34.